The Morgan fingerprint density at radius 1 is 1.33 bits per heavy atom. The number of aromatic nitrogens is 3. The third-order valence-electron chi connectivity index (χ3n) is 3.06. The predicted molar refractivity (Wildman–Crippen MR) is 82.0 cm³/mol. The molecule has 2 N–H and O–H groups in total. The van der Waals surface area contributed by atoms with Gasteiger partial charge in [0.2, 0.25) is 0 Å². The van der Waals surface area contributed by atoms with Gasteiger partial charge in [0.1, 0.15) is 10.7 Å². The molecule has 0 aliphatic carbocycles. The summed E-state index contributed by atoms with van der Waals surface area (Å²) in [5.41, 5.74) is 2.47. The molecule has 0 saturated heterocycles. The Balaban J connectivity index is 1.73. The Kier molecular flexibility index (Phi) is 3.79. The molecule has 3 heterocycles. The normalized spacial score (nSPS) is 12.0. The molecule has 0 spiro atoms. The van der Waals surface area contributed by atoms with Gasteiger partial charge >= 0.3 is 0 Å². The van der Waals surface area contributed by atoms with Gasteiger partial charge in [-0.25, -0.2) is 4.98 Å². The number of amides is 1. The average molecular weight is 298 g/mol. The van der Waals surface area contributed by atoms with E-state index < -0.39 is 0 Å². The molecular weight excluding hydrogens is 284 g/mol. The van der Waals surface area contributed by atoms with E-state index in [9.17, 15) is 4.79 Å². The zero-order valence-electron chi connectivity index (χ0n) is 11.4. The summed E-state index contributed by atoms with van der Waals surface area (Å²) in [5, 5.41) is 5.79. The van der Waals surface area contributed by atoms with Crippen LogP contribution in [0.3, 0.4) is 0 Å². The van der Waals surface area contributed by atoms with Gasteiger partial charge in [-0.2, -0.15) is 0 Å². The fraction of sp³-hybridized carbons (Fsp3) is 0.133. The van der Waals surface area contributed by atoms with E-state index >= 15 is 0 Å². The maximum Gasteiger partial charge on any atom is 0.268 e. The number of hydrogen-bond donors (Lipinski definition) is 2. The summed E-state index contributed by atoms with van der Waals surface area (Å²) in [6.07, 6.45) is 5.21. The number of H-pyrrole nitrogens is 1. The minimum atomic E-state index is -0.138. The van der Waals surface area contributed by atoms with Gasteiger partial charge in [0, 0.05) is 29.5 Å². The summed E-state index contributed by atoms with van der Waals surface area (Å²) in [5.74, 6) is -0.131. The second-order valence-electron chi connectivity index (χ2n) is 4.59. The van der Waals surface area contributed by atoms with Crippen molar-refractivity contribution in [1.29, 1.82) is 0 Å². The van der Waals surface area contributed by atoms with Crippen LogP contribution >= 0.6 is 11.3 Å². The summed E-state index contributed by atoms with van der Waals surface area (Å²) in [4.78, 5) is 23.5. The van der Waals surface area contributed by atoms with Crippen molar-refractivity contribution in [2.75, 3.05) is 0 Å². The highest BCUT2D eigenvalue weighted by molar-refractivity contribution is 7.10. The molecule has 3 rings (SSSR count). The molecule has 0 aromatic carbocycles. The molecule has 1 amide bonds. The fourth-order valence-electron chi connectivity index (χ4n) is 1.95. The van der Waals surface area contributed by atoms with E-state index in [2.05, 4.69) is 20.3 Å². The van der Waals surface area contributed by atoms with Crippen LogP contribution in [0.4, 0.5) is 0 Å². The lowest BCUT2D eigenvalue weighted by Gasteiger charge is -2.10. The number of aromatic amines is 1. The van der Waals surface area contributed by atoms with E-state index in [1.807, 2.05) is 24.4 Å². The lowest BCUT2D eigenvalue weighted by molar-refractivity contribution is 0.0935. The monoisotopic (exact) mass is 298 g/mol. The molecule has 0 saturated carbocycles. The van der Waals surface area contributed by atoms with Crippen molar-refractivity contribution in [3.63, 3.8) is 0 Å². The molecule has 0 aliphatic heterocycles. The lowest BCUT2D eigenvalue weighted by Crippen LogP contribution is -2.26. The molecule has 1 atom stereocenters. The quantitative estimate of drug-likeness (QED) is 0.777. The number of carbonyl (C=O) groups excluding carboxylic acids is 1. The topological polar surface area (TPSA) is 70.7 Å². The molecular formula is C15H14N4OS. The Bertz CT molecular complexity index is 721. The second kappa shape index (κ2) is 5.88. The van der Waals surface area contributed by atoms with Crippen LogP contribution in [0, 0.1) is 0 Å². The first-order valence-corrected chi connectivity index (χ1v) is 7.42. The van der Waals surface area contributed by atoms with Crippen molar-refractivity contribution in [3.05, 3.63) is 58.9 Å². The van der Waals surface area contributed by atoms with Gasteiger partial charge in [0.15, 0.2) is 0 Å². The highest BCUT2D eigenvalue weighted by Gasteiger charge is 2.15. The number of thiazole rings is 1. The minimum absolute atomic E-state index is 0.131. The van der Waals surface area contributed by atoms with Crippen molar-refractivity contribution >= 4 is 17.2 Å². The largest absolute Gasteiger partial charge is 0.357 e. The molecule has 3 aromatic heterocycles. The van der Waals surface area contributed by atoms with Crippen molar-refractivity contribution < 1.29 is 4.79 Å². The molecule has 0 radical (unpaired) electrons. The first-order valence-electron chi connectivity index (χ1n) is 6.54. The molecule has 6 heteroatoms. The molecule has 21 heavy (non-hydrogen) atoms. The van der Waals surface area contributed by atoms with Crippen LogP contribution in [-0.2, 0) is 0 Å². The minimum Gasteiger partial charge on any atom is -0.357 e. The van der Waals surface area contributed by atoms with Gasteiger partial charge in [-0.1, -0.05) is 0 Å². The first kappa shape index (κ1) is 13.5. The fourth-order valence-corrected chi connectivity index (χ4v) is 2.78. The van der Waals surface area contributed by atoms with Crippen molar-refractivity contribution in [2.45, 2.75) is 13.0 Å². The van der Waals surface area contributed by atoms with Gasteiger partial charge in [0.05, 0.1) is 11.7 Å². The highest BCUT2D eigenvalue weighted by Crippen LogP contribution is 2.25. The Hall–Kier alpha value is -2.47. The number of hydrogen-bond acceptors (Lipinski definition) is 4. The molecule has 1 unspecified atom stereocenters. The maximum absolute atomic E-state index is 12.0. The van der Waals surface area contributed by atoms with Crippen LogP contribution < -0.4 is 5.32 Å². The summed E-state index contributed by atoms with van der Waals surface area (Å²) >= 11 is 1.54. The van der Waals surface area contributed by atoms with E-state index in [0.717, 1.165) is 16.3 Å². The number of pyridine rings is 1. The molecule has 0 aliphatic rings. The lowest BCUT2D eigenvalue weighted by atomic mass is 10.2. The number of nitrogens with zero attached hydrogens (tertiary/aromatic N) is 2. The van der Waals surface area contributed by atoms with Crippen LogP contribution in [-0.4, -0.2) is 20.9 Å². The smallest absolute Gasteiger partial charge is 0.268 e. The molecule has 0 fully saturated rings. The van der Waals surface area contributed by atoms with E-state index in [0.29, 0.717) is 5.69 Å². The molecule has 0 bridgehead atoms. The SMILES string of the molecule is CC(NC(=O)c1ccc[nH]1)c1nc(-c2ccncc2)cs1. The van der Waals surface area contributed by atoms with E-state index in [4.69, 9.17) is 0 Å². The Morgan fingerprint density at radius 2 is 2.14 bits per heavy atom. The molecule has 5 nitrogen and oxygen atoms in total. The van der Waals surface area contributed by atoms with E-state index in [-0.39, 0.29) is 11.9 Å². The highest BCUT2D eigenvalue weighted by atomic mass is 32.1. The van der Waals surface area contributed by atoms with Crippen LogP contribution in [0.5, 0.6) is 0 Å². The molecule has 3 aromatic rings. The summed E-state index contributed by atoms with van der Waals surface area (Å²) in [7, 11) is 0. The van der Waals surface area contributed by atoms with Crippen LogP contribution in [0.25, 0.3) is 11.3 Å². The third kappa shape index (κ3) is 3.00. The zero-order chi connectivity index (χ0) is 14.7. The number of nitrogens with one attached hydrogen (secondary N) is 2. The number of carbonyl (C=O) groups is 1. The van der Waals surface area contributed by atoms with Crippen molar-refractivity contribution in [3.8, 4) is 11.3 Å². The zero-order valence-corrected chi connectivity index (χ0v) is 12.2. The second-order valence-corrected chi connectivity index (χ2v) is 5.48. The Morgan fingerprint density at radius 3 is 2.86 bits per heavy atom. The maximum atomic E-state index is 12.0. The Labute approximate surface area is 126 Å². The summed E-state index contributed by atoms with van der Waals surface area (Å²) < 4.78 is 0. The van der Waals surface area contributed by atoms with Gasteiger partial charge in [-0.3, -0.25) is 9.78 Å². The van der Waals surface area contributed by atoms with E-state index in [1.54, 1.807) is 30.7 Å². The van der Waals surface area contributed by atoms with Crippen molar-refractivity contribution in [2.24, 2.45) is 0 Å². The van der Waals surface area contributed by atoms with Gasteiger partial charge in [-0.15, -0.1) is 11.3 Å². The van der Waals surface area contributed by atoms with Gasteiger partial charge < -0.3 is 10.3 Å². The molecule has 106 valence electrons. The number of rotatable bonds is 4. The van der Waals surface area contributed by atoms with Crippen LogP contribution in [0.1, 0.15) is 28.5 Å². The summed E-state index contributed by atoms with van der Waals surface area (Å²) in [6, 6.07) is 7.24. The third-order valence-corrected chi connectivity index (χ3v) is 4.09. The van der Waals surface area contributed by atoms with E-state index in [1.165, 1.54) is 11.3 Å². The summed E-state index contributed by atoms with van der Waals surface area (Å²) in [6.45, 7) is 1.93. The predicted octanol–water partition coefficient (Wildman–Crippen LogP) is 3.02. The first-order chi connectivity index (χ1) is 10.2. The van der Waals surface area contributed by atoms with Gasteiger partial charge in [-0.05, 0) is 31.2 Å². The van der Waals surface area contributed by atoms with Crippen molar-refractivity contribution in [1.82, 2.24) is 20.3 Å². The standard InChI is InChI=1S/C15H14N4OS/c1-10(18-14(20)12-3-2-6-17-12)15-19-13(9-21-15)11-4-7-16-8-5-11/h2-10,17H,1H3,(H,18,20). The van der Waals surface area contributed by atoms with Gasteiger partial charge in [0.25, 0.3) is 5.91 Å². The van der Waals surface area contributed by atoms with Crippen LogP contribution in [0.2, 0.25) is 0 Å². The van der Waals surface area contributed by atoms with Crippen LogP contribution in [0.15, 0.2) is 48.2 Å². The average Bonchev–Trinajstić information content (AvgIpc) is 3.20.